The standard InChI is InChI=1S/C12H12F3N5O/c13-12(14,15)9-6-17-5-8(9)10(21)19-11-18-4-7-3-16-1-2-20(7)11/h4-6,16-17H,1-3H2,(H,18,19,21). The Morgan fingerprint density at radius 2 is 2.19 bits per heavy atom. The summed E-state index contributed by atoms with van der Waals surface area (Å²) in [7, 11) is 0. The lowest BCUT2D eigenvalue weighted by Gasteiger charge is -2.17. The van der Waals surface area contributed by atoms with Crippen LogP contribution in [0.4, 0.5) is 19.1 Å². The second-order valence-corrected chi connectivity index (χ2v) is 4.64. The van der Waals surface area contributed by atoms with Gasteiger partial charge >= 0.3 is 6.18 Å². The molecule has 9 heteroatoms. The molecular formula is C12H12F3N5O. The van der Waals surface area contributed by atoms with Crippen LogP contribution in [0.5, 0.6) is 0 Å². The molecule has 2 aromatic heterocycles. The van der Waals surface area contributed by atoms with E-state index in [1.807, 2.05) is 0 Å². The highest BCUT2D eigenvalue weighted by atomic mass is 19.4. The fourth-order valence-electron chi connectivity index (χ4n) is 2.26. The Balaban J connectivity index is 1.84. The first kappa shape index (κ1) is 13.7. The van der Waals surface area contributed by atoms with Crippen molar-refractivity contribution in [2.45, 2.75) is 19.3 Å². The minimum Gasteiger partial charge on any atom is -0.366 e. The number of nitrogens with one attached hydrogen (secondary N) is 3. The number of hydrogen-bond acceptors (Lipinski definition) is 3. The fraction of sp³-hybridized carbons (Fsp3) is 0.333. The Hall–Kier alpha value is -2.29. The quantitative estimate of drug-likeness (QED) is 0.788. The van der Waals surface area contributed by atoms with Gasteiger partial charge in [0.05, 0.1) is 23.0 Å². The van der Waals surface area contributed by atoms with Gasteiger partial charge < -0.3 is 14.9 Å². The number of hydrogen-bond donors (Lipinski definition) is 3. The molecule has 6 nitrogen and oxygen atoms in total. The van der Waals surface area contributed by atoms with E-state index in [9.17, 15) is 18.0 Å². The summed E-state index contributed by atoms with van der Waals surface area (Å²) in [5, 5.41) is 5.57. The van der Waals surface area contributed by atoms with E-state index in [4.69, 9.17) is 0 Å². The monoisotopic (exact) mass is 299 g/mol. The number of rotatable bonds is 2. The third kappa shape index (κ3) is 2.51. The van der Waals surface area contributed by atoms with Crippen molar-refractivity contribution in [2.75, 3.05) is 11.9 Å². The SMILES string of the molecule is O=C(Nc1ncc2n1CCNC2)c1c[nH]cc1C(F)(F)F. The number of amides is 1. The van der Waals surface area contributed by atoms with Crippen LogP contribution in [0.25, 0.3) is 0 Å². The maximum absolute atomic E-state index is 12.8. The Bertz CT molecular complexity index is 673. The maximum Gasteiger partial charge on any atom is 0.418 e. The lowest BCUT2D eigenvalue weighted by atomic mass is 10.2. The van der Waals surface area contributed by atoms with Gasteiger partial charge in [0.2, 0.25) is 5.95 Å². The van der Waals surface area contributed by atoms with Crippen LogP contribution in [0.3, 0.4) is 0 Å². The molecule has 1 amide bonds. The normalized spacial score (nSPS) is 14.8. The van der Waals surface area contributed by atoms with Crippen molar-refractivity contribution in [1.82, 2.24) is 19.9 Å². The molecule has 0 atom stereocenters. The van der Waals surface area contributed by atoms with Gasteiger partial charge in [0.1, 0.15) is 0 Å². The molecule has 0 saturated heterocycles. The van der Waals surface area contributed by atoms with E-state index in [0.29, 0.717) is 19.6 Å². The van der Waals surface area contributed by atoms with E-state index in [1.165, 1.54) is 0 Å². The molecule has 0 aliphatic carbocycles. The third-order valence-corrected chi connectivity index (χ3v) is 3.28. The van der Waals surface area contributed by atoms with E-state index in [2.05, 4.69) is 20.6 Å². The predicted octanol–water partition coefficient (Wildman–Crippen LogP) is 1.59. The molecule has 0 unspecified atom stereocenters. The first-order valence-corrected chi connectivity index (χ1v) is 6.27. The number of carbonyl (C=O) groups excluding carboxylic acids is 1. The molecule has 0 radical (unpaired) electrons. The Morgan fingerprint density at radius 3 is 2.95 bits per heavy atom. The number of H-pyrrole nitrogens is 1. The molecule has 3 N–H and O–H groups in total. The molecule has 1 aliphatic rings. The highest BCUT2D eigenvalue weighted by Gasteiger charge is 2.36. The highest BCUT2D eigenvalue weighted by Crippen LogP contribution is 2.32. The molecule has 3 heterocycles. The maximum atomic E-state index is 12.8. The largest absolute Gasteiger partial charge is 0.418 e. The van der Waals surface area contributed by atoms with E-state index >= 15 is 0 Å². The summed E-state index contributed by atoms with van der Waals surface area (Å²) in [5.74, 6) is -0.582. The second kappa shape index (κ2) is 4.92. The third-order valence-electron chi connectivity index (χ3n) is 3.28. The first-order chi connectivity index (χ1) is 9.97. The molecule has 3 rings (SSSR count). The van der Waals surface area contributed by atoms with Crippen molar-refractivity contribution in [1.29, 1.82) is 0 Å². The zero-order chi connectivity index (χ0) is 15.0. The van der Waals surface area contributed by atoms with Gasteiger partial charge in [-0.15, -0.1) is 0 Å². The van der Waals surface area contributed by atoms with Crippen LogP contribution in [0.2, 0.25) is 0 Å². The number of halogens is 3. The predicted molar refractivity (Wildman–Crippen MR) is 67.7 cm³/mol. The zero-order valence-corrected chi connectivity index (χ0v) is 10.8. The molecule has 112 valence electrons. The van der Waals surface area contributed by atoms with E-state index in [-0.39, 0.29) is 5.95 Å². The van der Waals surface area contributed by atoms with Crippen LogP contribution in [-0.2, 0) is 19.3 Å². The van der Waals surface area contributed by atoms with Gasteiger partial charge in [-0.3, -0.25) is 10.1 Å². The average Bonchev–Trinajstić information content (AvgIpc) is 3.05. The molecule has 0 aromatic carbocycles. The van der Waals surface area contributed by atoms with Gasteiger partial charge in [-0.25, -0.2) is 4.98 Å². The molecule has 2 aromatic rings. The molecule has 0 fully saturated rings. The van der Waals surface area contributed by atoms with Crippen molar-refractivity contribution in [3.05, 3.63) is 35.4 Å². The second-order valence-electron chi connectivity index (χ2n) is 4.64. The van der Waals surface area contributed by atoms with Gasteiger partial charge in [0.25, 0.3) is 5.91 Å². The summed E-state index contributed by atoms with van der Waals surface area (Å²) in [5.41, 5.74) is -0.567. The van der Waals surface area contributed by atoms with Crippen LogP contribution in [0, 0.1) is 0 Å². The summed E-state index contributed by atoms with van der Waals surface area (Å²) in [4.78, 5) is 18.4. The summed E-state index contributed by atoms with van der Waals surface area (Å²) < 4.78 is 40.1. The van der Waals surface area contributed by atoms with Crippen LogP contribution < -0.4 is 10.6 Å². The summed E-state index contributed by atoms with van der Waals surface area (Å²) in [6.07, 6.45) is -1.20. The first-order valence-electron chi connectivity index (χ1n) is 6.27. The fourth-order valence-corrected chi connectivity index (χ4v) is 2.26. The minimum atomic E-state index is -4.58. The van der Waals surface area contributed by atoms with Gasteiger partial charge in [-0.2, -0.15) is 13.2 Å². The average molecular weight is 299 g/mol. The molecule has 21 heavy (non-hydrogen) atoms. The number of aromatic nitrogens is 3. The number of nitrogens with zero attached hydrogens (tertiary/aromatic N) is 2. The number of alkyl halides is 3. The van der Waals surface area contributed by atoms with Crippen LogP contribution in [0.1, 0.15) is 21.6 Å². The van der Waals surface area contributed by atoms with E-state index in [1.54, 1.807) is 10.8 Å². The molecule has 0 saturated carbocycles. The van der Waals surface area contributed by atoms with Crippen molar-refractivity contribution in [3.8, 4) is 0 Å². The van der Waals surface area contributed by atoms with Crippen LogP contribution in [0.15, 0.2) is 18.6 Å². The lowest BCUT2D eigenvalue weighted by molar-refractivity contribution is -0.137. The summed E-state index contributed by atoms with van der Waals surface area (Å²) >= 11 is 0. The number of anilines is 1. The minimum absolute atomic E-state index is 0.255. The number of carbonyl (C=O) groups is 1. The van der Waals surface area contributed by atoms with Crippen molar-refractivity contribution in [3.63, 3.8) is 0 Å². The summed E-state index contributed by atoms with van der Waals surface area (Å²) in [6, 6.07) is 0. The van der Waals surface area contributed by atoms with Crippen molar-refractivity contribution < 1.29 is 18.0 Å². The molecule has 0 spiro atoms. The molecule has 1 aliphatic heterocycles. The molecule has 0 bridgehead atoms. The van der Waals surface area contributed by atoms with Crippen molar-refractivity contribution >= 4 is 11.9 Å². The Morgan fingerprint density at radius 1 is 1.38 bits per heavy atom. The Kier molecular flexibility index (Phi) is 3.20. The summed E-state index contributed by atoms with van der Waals surface area (Å²) in [6.45, 7) is 1.93. The van der Waals surface area contributed by atoms with Crippen LogP contribution >= 0.6 is 0 Å². The topological polar surface area (TPSA) is 74.7 Å². The van der Waals surface area contributed by atoms with E-state index < -0.39 is 23.2 Å². The number of aromatic amines is 1. The van der Waals surface area contributed by atoms with Crippen molar-refractivity contribution in [2.24, 2.45) is 0 Å². The van der Waals surface area contributed by atoms with Gasteiger partial charge in [0, 0.05) is 32.0 Å². The molecular weight excluding hydrogens is 287 g/mol. The van der Waals surface area contributed by atoms with E-state index in [0.717, 1.165) is 18.1 Å². The number of imidazole rings is 1. The van der Waals surface area contributed by atoms with Crippen LogP contribution in [-0.4, -0.2) is 27.0 Å². The Labute approximate surface area is 117 Å². The number of fused-ring (bicyclic) bond motifs is 1. The van der Waals surface area contributed by atoms with Gasteiger partial charge in [0.15, 0.2) is 0 Å². The van der Waals surface area contributed by atoms with Gasteiger partial charge in [-0.05, 0) is 0 Å². The highest BCUT2D eigenvalue weighted by molar-refractivity contribution is 6.04. The lowest BCUT2D eigenvalue weighted by Crippen LogP contribution is -2.29. The smallest absolute Gasteiger partial charge is 0.366 e. The van der Waals surface area contributed by atoms with Gasteiger partial charge in [-0.1, -0.05) is 0 Å². The zero-order valence-electron chi connectivity index (χ0n) is 10.8.